The fourth-order valence-corrected chi connectivity index (χ4v) is 2.46. The van der Waals surface area contributed by atoms with Gasteiger partial charge in [-0.1, -0.05) is 72.8 Å². The largest absolute Gasteiger partial charge is 0.489 e. The molecule has 4 nitrogen and oxygen atoms in total. The lowest BCUT2D eigenvalue weighted by Crippen LogP contribution is -2.19. The van der Waals surface area contributed by atoms with Crippen LogP contribution in [0.4, 0.5) is 0 Å². The van der Waals surface area contributed by atoms with Crippen molar-refractivity contribution < 1.29 is 9.53 Å². The van der Waals surface area contributed by atoms with Gasteiger partial charge in [0.1, 0.15) is 12.4 Å². The molecule has 0 fully saturated rings. The zero-order valence-corrected chi connectivity index (χ0v) is 14.3. The van der Waals surface area contributed by atoms with Crippen molar-refractivity contribution >= 4 is 12.1 Å². The van der Waals surface area contributed by atoms with E-state index in [1.165, 1.54) is 0 Å². The number of ether oxygens (including phenoxy) is 1. The lowest BCUT2D eigenvalue weighted by molar-refractivity contribution is -0.120. The summed E-state index contributed by atoms with van der Waals surface area (Å²) in [5.74, 6) is 0.667. The molecule has 0 bridgehead atoms. The summed E-state index contributed by atoms with van der Waals surface area (Å²) in [6, 6.07) is 27.0. The first-order valence-corrected chi connectivity index (χ1v) is 8.43. The SMILES string of the molecule is O=C(Cc1ccccc1)N/N=C\c1ccccc1COc1ccccc1. The number of carbonyl (C=O) groups is 1. The van der Waals surface area contributed by atoms with Crippen LogP contribution in [0.25, 0.3) is 0 Å². The first-order valence-electron chi connectivity index (χ1n) is 8.43. The Morgan fingerprint density at radius 2 is 1.54 bits per heavy atom. The lowest BCUT2D eigenvalue weighted by atomic mass is 10.1. The molecule has 130 valence electrons. The van der Waals surface area contributed by atoms with Crippen LogP contribution < -0.4 is 10.2 Å². The number of hydrazone groups is 1. The van der Waals surface area contributed by atoms with Gasteiger partial charge in [0.05, 0.1) is 12.6 Å². The summed E-state index contributed by atoms with van der Waals surface area (Å²) >= 11 is 0. The molecule has 0 aromatic heterocycles. The molecule has 0 radical (unpaired) electrons. The Hall–Kier alpha value is -3.40. The third-order valence-corrected chi connectivity index (χ3v) is 3.79. The summed E-state index contributed by atoms with van der Waals surface area (Å²) < 4.78 is 5.79. The number of hydrogen-bond acceptors (Lipinski definition) is 3. The zero-order chi connectivity index (χ0) is 18.0. The van der Waals surface area contributed by atoms with E-state index >= 15 is 0 Å². The predicted molar refractivity (Wildman–Crippen MR) is 103 cm³/mol. The van der Waals surface area contributed by atoms with E-state index in [2.05, 4.69) is 10.5 Å². The summed E-state index contributed by atoms with van der Waals surface area (Å²) in [5, 5.41) is 4.07. The number of nitrogens with zero attached hydrogens (tertiary/aromatic N) is 1. The molecule has 26 heavy (non-hydrogen) atoms. The maximum atomic E-state index is 11.9. The fourth-order valence-electron chi connectivity index (χ4n) is 2.46. The Kier molecular flexibility index (Phi) is 6.15. The van der Waals surface area contributed by atoms with Crippen LogP contribution in [-0.2, 0) is 17.8 Å². The van der Waals surface area contributed by atoms with E-state index in [4.69, 9.17) is 4.74 Å². The van der Waals surface area contributed by atoms with Gasteiger partial charge in [-0.15, -0.1) is 0 Å². The molecular formula is C22H20N2O2. The van der Waals surface area contributed by atoms with E-state index < -0.39 is 0 Å². The van der Waals surface area contributed by atoms with E-state index in [1.807, 2.05) is 84.9 Å². The van der Waals surface area contributed by atoms with Crippen molar-refractivity contribution in [3.8, 4) is 5.75 Å². The molecule has 3 rings (SSSR count). The highest BCUT2D eigenvalue weighted by molar-refractivity contribution is 5.84. The summed E-state index contributed by atoms with van der Waals surface area (Å²) in [4.78, 5) is 11.9. The smallest absolute Gasteiger partial charge is 0.244 e. The molecule has 0 unspecified atom stereocenters. The topological polar surface area (TPSA) is 50.7 Å². The molecule has 1 N–H and O–H groups in total. The molecule has 0 aliphatic carbocycles. The Morgan fingerprint density at radius 1 is 0.885 bits per heavy atom. The van der Waals surface area contributed by atoms with Crippen molar-refractivity contribution in [1.82, 2.24) is 5.43 Å². The van der Waals surface area contributed by atoms with Gasteiger partial charge in [0.2, 0.25) is 5.91 Å². The molecule has 0 aliphatic rings. The number of carbonyl (C=O) groups excluding carboxylic acids is 1. The molecule has 1 amide bonds. The van der Waals surface area contributed by atoms with E-state index in [0.717, 1.165) is 22.4 Å². The summed E-state index contributed by atoms with van der Waals surface area (Å²) in [6.45, 7) is 0.435. The third-order valence-electron chi connectivity index (χ3n) is 3.79. The first-order chi connectivity index (χ1) is 12.8. The molecule has 0 saturated heterocycles. The van der Waals surface area contributed by atoms with Crippen LogP contribution in [0.2, 0.25) is 0 Å². The van der Waals surface area contributed by atoms with Crippen molar-refractivity contribution in [2.45, 2.75) is 13.0 Å². The molecule has 0 saturated carbocycles. The number of nitrogens with one attached hydrogen (secondary N) is 1. The maximum Gasteiger partial charge on any atom is 0.244 e. The van der Waals surface area contributed by atoms with Crippen molar-refractivity contribution in [3.05, 3.63) is 102 Å². The summed E-state index contributed by atoms with van der Waals surface area (Å²) in [5.41, 5.74) is 5.43. The van der Waals surface area contributed by atoms with Crippen molar-refractivity contribution in [3.63, 3.8) is 0 Å². The predicted octanol–water partition coefficient (Wildman–Crippen LogP) is 3.96. The van der Waals surface area contributed by atoms with E-state index in [-0.39, 0.29) is 5.91 Å². The van der Waals surface area contributed by atoms with E-state index in [1.54, 1.807) is 6.21 Å². The molecule has 4 heteroatoms. The second-order valence-electron chi connectivity index (χ2n) is 5.76. The summed E-state index contributed by atoms with van der Waals surface area (Å²) in [6.07, 6.45) is 1.95. The standard InChI is InChI=1S/C22H20N2O2/c25-22(15-18-9-3-1-4-10-18)24-23-16-19-11-7-8-12-20(19)17-26-21-13-5-2-6-14-21/h1-14,16H,15,17H2,(H,24,25)/b23-16-. The molecule has 0 heterocycles. The number of benzene rings is 3. The monoisotopic (exact) mass is 344 g/mol. The Morgan fingerprint density at radius 3 is 2.31 bits per heavy atom. The quantitative estimate of drug-likeness (QED) is 0.521. The average molecular weight is 344 g/mol. The second kappa shape index (κ2) is 9.18. The molecule has 3 aromatic rings. The van der Waals surface area contributed by atoms with E-state index in [9.17, 15) is 4.79 Å². The van der Waals surface area contributed by atoms with Crippen LogP contribution in [0.1, 0.15) is 16.7 Å². The van der Waals surface area contributed by atoms with Crippen molar-refractivity contribution in [2.75, 3.05) is 0 Å². The van der Waals surface area contributed by atoms with Gasteiger partial charge in [0, 0.05) is 5.56 Å². The van der Waals surface area contributed by atoms with Gasteiger partial charge in [-0.25, -0.2) is 5.43 Å². The average Bonchev–Trinajstić information content (AvgIpc) is 2.69. The molecular weight excluding hydrogens is 324 g/mol. The van der Waals surface area contributed by atoms with Gasteiger partial charge < -0.3 is 4.74 Å². The first kappa shape index (κ1) is 17.4. The normalized spacial score (nSPS) is 10.6. The zero-order valence-electron chi connectivity index (χ0n) is 14.3. The minimum atomic E-state index is -0.148. The fraction of sp³-hybridized carbons (Fsp3) is 0.0909. The molecule has 3 aromatic carbocycles. The van der Waals surface area contributed by atoms with Crippen LogP contribution in [0.15, 0.2) is 90.0 Å². The van der Waals surface area contributed by atoms with Crippen LogP contribution in [0, 0.1) is 0 Å². The minimum absolute atomic E-state index is 0.148. The van der Waals surface area contributed by atoms with Gasteiger partial charge in [-0.2, -0.15) is 5.10 Å². The Balaban J connectivity index is 1.57. The number of para-hydroxylation sites is 1. The van der Waals surface area contributed by atoms with Crippen LogP contribution >= 0.6 is 0 Å². The minimum Gasteiger partial charge on any atom is -0.489 e. The van der Waals surface area contributed by atoms with Crippen molar-refractivity contribution in [2.24, 2.45) is 5.10 Å². The van der Waals surface area contributed by atoms with Gasteiger partial charge in [-0.05, 0) is 23.3 Å². The highest BCUT2D eigenvalue weighted by Gasteiger charge is 2.03. The number of rotatable bonds is 7. The highest BCUT2D eigenvalue weighted by atomic mass is 16.5. The third kappa shape index (κ3) is 5.31. The van der Waals surface area contributed by atoms with Crippen molar-refractivity contribution in [1.29, 1.82) is 0 Å². The van der Waals surface area contributed by atoms with Gasteiger partial charge in [0.25, 0.3) is 0 Å². The van der Waals surface area contributed by atoms with Crippen LogP contribution in [0.5, 0.6) is 5.75 Å². The molecule has 0 spiro atoms. The Bertz CT molecular complexity index is 862. The molecule has 0 aliphatic heterocycles. The molecule has 0 atom stereocenters. The van der Waals surface area contributed by atoms with Crippen LogP contribution in [0.3, 0.4) is 0 Å². The van der Waals surface area contributed by atoms with Gasteiger partial charge in [0.15, 0.2) is 0 Å². The summed E-state index contributed by atoms with van der Waals surface area (Å²) in [7, 11) is 0. The second-order valence-corrected chi connectivity index (χ2v) is 5.76. The number of hydrogen-bond donors (Lipinski definition) is 1. The lowest BCUT2D eigenvalue weighted by Gasteiger charge is -2.08. The van der Waals surface area contributed by atoms with Crippen LogP contribution in [-0.4, -0.2) is 12.1 Å². The number of amides is 1. The Labute approximate surface area is 153 Å². The van der Waals surface area contributed by atoms with E-state index in [0.29, 0.717) is 13.0 Å². The maximum absolute atomic E-state index is 11.9. The van der Waals surface area contributed by atoms with Gasteiger partial charge >= 0.3 is 0 Å². The van der Waals surface area contributed by atoms with Gasteiger partial charge in [-0.3, -0.25) is 4.79 Å². The highest BCUT2D eigenvalue weighted by Crippen LogP contribution is 2.13.